The molecule has 1 aromatic carbocycles. The Morgan fingerprint density at radius 3 is 2.65 bits per heavy atom. The van der Waals surface area contributed by atoms with Gasteiger partial charge in [-0.25, -0.2) is 4.79 Å². The number of pyridine rings is 1. The molecule has 2 amide bonds. The number of hydrogen-bond acceptors (Lipinski definition) is 2. The van der Waals surface area contributed by atoms with Crippen LogP contribution in [0.4, 0.5) is 4.79 Å². The Morgan fingerprint density at radius 1 is 1.20 bits per heavy atom. The van der Waals surface area contributed by atoms with Crippen molar-refractivity contribution in [3.63, 3.8) is 0 Å². The average Bonchev–Trinajstić information content (AvgIpc) is 2.48. The van der Waals surface area contributed by atoms with Gasteiger partial charge in [0, 0.05) is 19.8 Å². The lowest BCUT2D eigenvalue weighted by atomic mass is 10.1. The third-order valence-electron chi connectivity index (χ3n) is 3.16. The summed E-state index contributed by atoms with van der Waals surface area (Å²) in [5.74, 6) is 0. The van der Waals surface area contributed by atoms with Crippen LogP contribution in [0.1, 0.15) is 16.8 Å². The molecule has 2 rings (SSSR count). The first kappa shape index (κ1) is 14.1. The molecule has 0 aliphatic rings. The van der Waals surface area contributed by atoms with Crippen molar-refractivity contribution in [2.45, 2.75) is 20.0 Å². The molecule has 0 spiro atoms. The van der Waals surface area contributed by atoms with Crippen molar-refractivity contribution in [1.29, 1.82) is 0 Å². The van der Waals surface area contributed by atoms with E-state index in [1.54, 1.807) is 18.1 Å². The largest absolute Gasteiger partial charge is 0.332 e. The summed E-state index contributed by atoms with van der Waals surface area (Å²) in [6.45, 7) is 3.09. The van der Waals surface area contributed by atoms with E-state index in [9.17, 15) is 4.79 Å². The van der Waals surface area contributed by atoms with Crippen LogP contribution in [0.5, 0.6) is 0 Å². The Labute approximate surface area is 119 Å². The highest BCUT2D eigenvalue weighted by atomic mass is 16.2. The SMILES string of the molecule is Cc1ccccc1CN(C)C(=O)NCc1ccccn1. The van der Waals surface area contributed by atoms with E-state index < -0.39 is 0 Å². The van der Waals surface area contributed by atoms with Crippen LogP contribution in [-0.2, 0) is 13.1 Å². The van der Waals surface area contributed by atoms with Gasteiger partial charge in [-0.3, -0.25) is 4.98 Å². The average molecular weight is 269 g/mol. The van der Waals surface area contributed by atoms with Crippen LogP contribution in [0, 0.1) is 6.92 Å². The smallest absolute Gasteiger partial charge is 0.317 e. The van der Waals surface area contributed by atoms with Crippen molar-refractivity contribution in [1.82, 2.24) is 15.2 Å². The van der Waals surface area contributed by atoms with Gasteiger partial charge < -0.3 is 10.2 Å². The second-order valence-electron chi connectivity index (χ2n) is 4.76. The normalized spacial score (nSPS) is 10.1. The summed E-state index contributed by atoms with van der Waals surface area (Å²) in [7, 11) is 1.79. The Balaban J connectivity index is 1.88. The van der Waals surface area contributed by atoms with E-state index in [4.69, 9.17) is 0 Å². The van der Waals surface area contributed by atoms with Gasteiger partial charge in [0.25, 0.3) is 0 Å². The molecule has 2 aromatic rings. The van der Waals surface area contributed by atoms with Gasteiger partial charge >= 0.3 is 6.03 Å². The molecule has 104 valence electrons. The number of carbonyl (C=O) groups excluding carboxylic acids is 1. The first-order valence-electron chi connectivity index (χ1n) is 6.60. The van der Waals surface area contributed by atoms with Gasteiger partial charge in [0.05, 0.1) is 12.2 Å². The van der Waals surface area contributed by atoms with E-state index in [-0.39, 0.29) is 6.03 Å². The molecule has 4 nitrogen and oxygen atoms in total. The zero-order valence-corrected chi connectivity index (χ0v) is 11.8. The van der Waals surface area contributed by atoms with Crippen LogP contribution in [0.25, 0.3) is 0 Å². The number of aryl methyl sites for hydroxylation is 1. The molecule has 1 aromatic heterocycles. The number of rotatable bonds is 4. The van der Waals surface area contributed by atoms with Gasteiger partial charge in [0.2, 0.25) is 0 Å². The van der Waals surface area contributed by atoms with Crippen molar-refractivity contribution in [2.24, 2.45) is 0 Å². The Bertz CT molecular complexity index is 569. The minimum atomic E-state index is -0.0982. The van der Waals surface area contributed by atoms with E-state index in [1.165, 1.54) is 5.56 Å². The molecule has 1 N–H and O–H groups in total. The number of amides is 2. The van der Waals surface area contributed by atoms with E-state index in [2.05, 4.69) is 23.3 Å². The van der Waals surface area contributed by atoms with Gasteiger partial charge in [0.15, 0.2) is 0 Å². The molecule has 0 saturated heterocycles. The summed E-state index contributed by atoms with van der Waals surface area (Å²) in [6, 6.07) is 13.6. The van der Waals surface area contributed by atoms with E-state index in [1.807, 2.05) is 36.4 Å². The summed E-state index contributed by atoms with van der Waals surface area (Å²) < 4.78 is 0. The minimum Gasteiger partial charge on any atom is -0.332 e. The minimum absolute atomic E-state index is 0.0982. The Hall–Kier alpha value is -2.36. The van der Waals surface area contributed by atoms with Crippen molar-refractivity contribution in [2.75, 3.05) is 7.05 Å². The molecule has 0 aliphatic carbocycles. The van der Waals surface area contributed by atoms with Crippen molar-refractivity contribution < 1.29 is 4.79 Å². The topological polar surface area (TPSA) is 45.2 Å². The second-order valence-corrected chi connectivity index (χ2v) is 4.76. The number of aromatic nitrogens is 1. The maximum absolute atomic E-state index is 12.0. The van der Waals surface area contributed by atoms with Gasteiger partial charge in [-0.2, -0.15) is 0 Å². The maximum Gasteiger partial charge on any atom is 0.317 e. The quantitative estimate of drug-likeness (QED) is 0.927. The number of nitrogens with zero attached hydrogens (tertiary/aromatic N) is 2. The Kier molecular flexibility index (Phi) is 4.71. The fraction of sp³-hybridized carbons (Fsp3) is 0.250. The molecular formula is C16H19N3O. The second kappa shape index (κ2) is 6.70. The molecule has 0 aliphatic heterocycles. The summed E-state index contributed by atoms with van der Waals surface area (Å²) in [6.07, 6.45) is 1.72. The highest BCUT2D eigenvalue weighted by Gasteiger charge is 2.09. The van der Waals surface area contributed by atoms with Crippen LogP contribution < -0.4 is 5.32 Å². The fourth-order valence-corrected chi connectivity index (χ4v) is 1.92. The van der Waals surface area contributed by atoms with E-state index in [0.717, 1.165) is 11.3 Å². The number of hydrogen-bond donors (Lipinski definition) is 1. The molecule has 0 saturated carbocycles. The molecule has 0 radical (unpaired) electrons. The first-order valence-corrected chi connectivity index (χ1v) is 6.60. The molecule has 1 heterocycles. The number of carbonyl (C=O) groups is 1. The molecule has 0 atom stereocenters. The van der Waals surface area contributed by atoms with Crippen LogP contribution in [0.3, 0.4) is 0 Å². The lowest BCUT2D eigenvalue weighted by Gasteiger charge is -2.19. The molecular weight excluding hydrogens is 250 g/mol. The van der Waals surface area contributed by atoms with Gasteiger partial charge in [-0.1, -0.05) is 30.3 Å². The predicted molar refractivity (Wildman–Crippen MR) is 79.1 cm³/mol. The molecule has 0 unspecified atom stereocenters. The van der Waals surface area contributed by atoms with Crippen LogP contribution in [-0.4, -0.2) is 23.0 Å². The number of benzene rings is 1. The third-order valence-corrected chi connectivity index (χ3v) is 3.16. The van der Waals surface area contributed by atoms with Gasteiger partial charge in [-0.05, 0) is 30.2 Å². The molecule has 4 heteroatoms. The van der Waals surface area contributed by atoms with Gasteiger partial charge in [-0.15, -0.1) is 0 Å². The van der Waals surface area contributed by atoms with Crippen LogP contribution in [0.2, 0.25) is 0 Å². The lowest BCUT2D eigenvalue weighted by molar-refractivity contribution is 0.206. The first-order chi connectivity index (χ1) is 9.66. The predicted octanol–water partition coefficient (Wildman–Crippen LogP) is 2.73. The van der Waals surface area contributed by atoms with Crippen molar-refractivity contribution >= 4 is 6.03 Å². The van der Waals surface area contributed by atoms with Crippen LogP contribution in [0.15, 0.2) is 48.7 Å². The van der Waals surface area contributed by atoms with Gasteiger partial charge in [0.1, 0.15) is 0 Å². The highest BCUT2D eigenvalue weighted by Crippen LogP contribution is 2.09. The zero-order chi connectivity index (χ0) is 14.4. The van der Waals surface area contributed by atoms with E-state index >= 15 is 0 Å². The molecule has 20 heavy (non-hydrogen) atoms. The third kappa shape index (κ3) is 3.82. The fourth-order valence-electron chi connectivity index (χ4n) is 1.92. The standard InChI is InChI=1S/C16H19N3O/c1-13-7-3-4-8-14(13)12-19(2)16(20)18-11-15-9-5-6-10-17-15/h3-10H,11-12H2,1-2H3,(H,18,20). The summed E-state index contributed by atoms with van der Waals surface area (Å²) in [5.41, 5.74) is 3.20. The van der Waals surface area contributed by atoms with Crippen molar-refractivity contribution in [3.8, 4) is 0 Å². The molecule has 0 bridgehead atoms. The lowest BCUT2D eigenvalue weighted by Crippen LogP contribution is -2.36. The summed E-state index contributed by atoms with van der Waals surface area (Å²) >= 11 is 0. The van der Waals surface area contributed by atoms with E-state index in [0.29, 0.717) is 13.1 Å². The summed E-state index contributed by atoms with van der Waals surface area (Å²) in [4.78, 5) is 17.9. The maximum atomic E-state index is 12.0. The van der Waals surface area contributed by atoms with Crippen molar-refractivity contribution in [3.05, 3.63) is 65.5 Å². The highest BCUT2D eigenvalue weighted by molar-refractivity contribution is 5.73. The Morgan fingerprint density at radius 2 is 1.95 bits per heavy atom. The summed E-state index contributed by atoms with van der Waals surface area (Å²) in [5, 5.41) is 2.86. The van der Waals surface area contributed by atoms with Crippen LogP contribution >= 0.6 is 0 Å². The number of urea groups is 1. The molecule has 0 fully saturated rings. The zero-order valence-electron chi connectivity index (χ0n) is 11.8. The number of nitrogens with one attached hydrogen (secondary N) is 1. The monoisotopic (exact) mass is 269 g/mol.